The average molecular weight is 568 g/mol. The number of nitrogens with one attached hydrogen (secondary N) is 2. The topological polar surface area (TPSA) is 150 Å². The zero-order chi connectivity index (χ0) is 28.7. The van der Waals surface area contributed by atoms with Crippen molar-refractivity contribution in [3.05, 3.63) is 54.5 Å². The first-order valence-electron chi connectivity index (χ1n) is 12.9. The van der Waals surface area contributed by atoms with E-state index in [0.29, 0.717) is 50.4 Å². The molecule has 0 spiro atoms. The van der Waals surface area contributed by atoms with Crippen LogP contribution >= 0.6 is 0 Å². The summed E-state index contributed by atoms with van der Waals surface area (Å²) < 4.78 is 49.2. The minimum atomic E-state index is -4.81. The monoisotopic (exact) mass is 567 g/mol. The lowest BCUT2D eigenvalue weighted by Crippen LogP contribution is -2.86. The Morgan fingerprint density at radius 3 is 2.71 bits per heavy atom. The molecule has 0 aliphatic carbocycles. The summed E-state index contributed by atoms with van der Waals surface area (Å²) in [6.07, 6.45) is -1.47. The maximum atomic E-state index is 13.1. The molecule has 1 saturated heterocycles. The van der Waals surface area contributed by atoms with Crippen molar-refractivity contribution in [1.82, 2.24) is 24.7 Å². The summed E-state index contributed by atoms with van der Waals surface area (Å²) in [5.41, 5.74) is 9.26. The molecule has 11 nitrogen and oxygen atoms in total. The number of nitrogens with zero attached hydrogens (tertiary/aromatic N) is 4. The predicted octanol–water partition coefficient (Wildman–Crippen LogP) is 3.61. The van der Waals surface area contributed by atoms with E-state index in [1.54, 1.807) is 18.2 Å². The third-order valence-corrected chi connectivity index (χ3v) is 7.07. The Balaban J connectivity index is 1.30. The molecule has 0 unspecified atom stereocenters. The highest BCUT2D eigenvalue weighted by Crippen LogP contribution is 2.37. The number of piperidine rings is 1. The molecule has 3 aromatic heterocycles. The predicted molar refractivity (Wildman–Crippen MR) is 145 cm³/mol. The van der Waals surface area contributed by atoms with E-state index in [-0.39, 0.29) is 17.5 Å². The zero-order valence-electron chi connectivity index (χ0n) is 21.8. The standard InChI is InChI=1S/C27H25F3N8O3/c1-40-21-12-14(23-22-24(31)33-13-34-25(22)38(37-23)16-6-8-32-9-7-16)2-4-19(21)36-26(39)20-11-15-10-17(41-27(28,29)30)3-5-18(15)35-20/h2-5,10-13,16,32,35H,6-9H2,1H3,(H,36,39)(H2,31,33,34)/p+1. The Morgan fingerprint density at radius 1 is 1.15 bits per heavy atom. The fraction of sp³-hybridized carbons (Fsp3) is 0.259. The molecular formula is C27H26F3N8O3+. The first-order chi connectivity index (χ1) is 19.7. The SMILES string of the molecule is COc1cc(-c2nn(C3CC[NH2+]CC3)c3ncnc(N)c23)ccc1NC(=O)c1cc2cc(OC(F)(F)F)ccc2[nH]1. The van der Waals surface area contributed by atoms with Gasteiger partial charge in [0, 0.05) is 29.3 Å². The van der Waals surface area contributed by atoms with E-state index >= 15 is 0 Å². The van der Waals surface area contributed by atoms with E-state index in [2.05, 4.69) is 30.3 Å². The number of rotatable bonds is 6. The van der Waals surface area contributed by atoms with Crippen LogP contribution < -0.4 is 25.8 Å². The molecular weight excluding hydrogens is 541 g/mol. The molecule has 0 radical (unpaired) electrons. The lowest BCUT2D eigenvalue weighted by atomic mass is 10.1. The number of alkyl halides is 3. The summed E-state index contributed by atoms with van der Waals surface area (Å²) in [5.74, 6) is -0.196. The molecule has 0 saturated carbocycles. The molecule has 14 heteroatoms. The maximum absolute atomic E-state index is 13.1. The van der Waals surface area contributed by atoms with Gasteiger partial charge >= 0.3 is 6.36 Å². The van der Waals surface area contributed by atoms with Crippen LogP contribution in [-0.2, 0) is 0 Å². The normalized spacial score (nSPS) is 14.4. The molecule has 0 bridgehead atoms. The van der Waals surface area contributed by atoms with Crippen LogP contribution in [0.1, 0.15) is 29.4 Å². The number of H-pyrrole nitrogens is 1. The quantitative estimate of drug-likeness (QED) is 0.245. The van der Waals surface area contributed by atoms with Crippen molar-refractivity contribution in [2.75, 3.05) is 31.2 Å². The van der Waals surface area contributed by atoms with Crippen LogP contribution in [0.2, 0.25) is 0 Å². The third kappa shape index (κ3) is 5.20. The first kappa shape index (κ1) is 26.4. The van der Waals surface area contributed by atoms with Gasteiger partial charge in [0.05, 0.1) is 37.3 Å². The van der Waals surface area contributed by atoms with Crippen molar-refractivity contribution in [3.63, 3.8) is 0 Å². The molecule has 41 heavy (non-hydrogen) atoms. The summed E-state index contributed by atoms with van der Waals surface area (Å²) >= 11 is 0. The number of methoxy groups -OCH3 is 1. The second-order valence-corrected chi connectivity index (χ2v) is 9.70. The van der Waals surface area contributed by atoms with Crippen molar-refractivity contribution in [2.45, 2.75) is 25.2 Å². The molecule has 6 rings (SSSR count). The Bertz CT molecular complexity index is 1760. The fourth-order valence-corrected chi connectivity index (χ4v) is 5.17. The molecule has 0 atom stereocenters. The number of hydrogen-bond acceptors (Lipinski definition) is 7. The Hall–Kier alpha value is -4.85. The summed E-state index contributed by atoms with van der Waals surface area (Å²) in [5, 5.41) is 11.0. The number of carbonyl (C=O) groups excluding carboxylic acids is 1. The highest BCUT2D eigenvalue weighted by atomic mass is 19.4. The van der Waals surface area contributed by atoms with E-state index in [1.807, 2.05) is 4.68 Å². The van der Waals surface area contributed by atoms with E-state index in [1.165, 1.54) is 37.7 Å². The number of ether oxygens (including phenoxy) is 2. The molecule has 212 valence electrons. The number of quaternary nitrogens is 1. The summed E-state index contributed by atoms with van der Waals surface area (Å²) in [6, 6.07) is 10.6. The van der Waals surface area contributed by atoms with Crippen molar-refractivity contribution < 1.29 is 32.8 Å². The van der Waals surface area contributed by atoms with Gasteiger partial charge in [-0.25, -0.2) is 14.6 Å². The van der Waals surface area contributed by atoms with Crippen LogP contribution in [0.15, 0.2) is 48.8 Å². The van der Waals surface area contributed by atoms with E-state index in [4.69, 9.17) is 15.6 Å². The maximum Gasteiger partial charge on any atom is 0.573 e. The summed E-state index contributed by atoms with van der Waals surface area (Å²) in [6.45, 7) is 2.01. The minimum absolute atomic E-state index is 0.148. The number of aromatic nitrogens is 5. The second kappa shape index (κ2) is 10.3. The number of hydrogen-bond donors (Lipinski definition) is 4. The van der Waals surface area contributed by atoms with Gasteiger partial charge in [0.15, 0.2) is 5.65 Å². The Kier molecular flexibility index (Phi) is 6.61. The lowest BCUT2D eigenvalue weighted by Gasteiger charge is -2.21. The van der Waals surface area contributed by atoms with Crippen LogP contribution in [0.3, 0.4) is 0 Å². The summed E-state index contributed by atoms with van der Waals surface area (Å²) in [4.78, 5) is 24.6. The molecule has 1 aliphatic rings. The van der Waals surface area contributed by atoms with Crippen molar-refractivity contribution in [3.8, 4) is 22.8 Å². The number of aromatic amines is 1. The number of fused-ring (bicyclic) bond motifs is 2. The van der Waals surface area contributed by atoms with Crippen molar-refractivity contribution in [1.29, 1.82) is 0 Å². The van der Waals surface area contributed by atoms with Crippen LogP contribution in [-0.4, -0.2) is 57.2 Å². The number of benzene rings is 2. The van der Waals surface area contributed by atoms with Gasteiger partial charge in [-0.2, -0.15) is 5.10 Å². The largest absolute Gasteiger partial charge is 0.573 e. The van der Waals surface area contributed by atoms with Gasteiger partial charge in [-0.15, -0.1) is 13.2 Å². The second-order valence-electron chi connectivity index (χ2n) is 9.70. The molecule has 1 amide bonds. The Labute approximate surface area is 230 Å². The van der Waals surface area contributed by atoms with Gasteiger partial charge in [0.1, 0.15) is 35.0 Å². The molecule has 4 heterocycles. The van der Waals surface area contributed by atoms with Gasteiger partial charge < -0.3 is 30.8 Å². The van der Waals surface area contributed by atoms with Crippen LogP contribution in [0, 0.1) is 0 Å². The van der Waals surface area contributed by atoms with Crippen LogP contribution in [0.5, 0.6) is 11.5 Å². The van der Waals surface area contributed by atoms with E-state index < -0.39 is 12.3 Å². The number of nitrogens with two attached hydrogens (primary N) is 2. The first-order valence-corrected chi connectivity index (χ1v) is 12.9. The lowest BCUT2D eigenvalue weighted by molar-refractivity contribution is -0.664. The third-order valence-electron chi connectivity index (χ3n) is 7.07. The Morgan fingerprint density at radius 2 is 1.95 bits per heavy atom. The molecule has 5 aromatic rings. The van der Waals surface area contributed by atoms with Crippen molar-refractivity contribution >= 4 is 39.3 Å². The smallest absolute Gasteiger partial charge is 0.495 e. The number of anilines is 2. The van der Waals surface area contributed by atoms with Gasteiger partial charge in [0.25, 0.3) is 5.91 Å². The number of carbonyl (C=O) groups is 1. The number of amides is 1. The van der Waals surface area contributed by atoms with Crippen LogP contribution in [0.4, 0.5) is 24.7 Å². The number of nitrogen functional groups attached to an aromatic ring is 1. The zero-order valence-corrected chi connectivity index (χ0v) is 21.8. The van der Waals surface area contributed by atoms with E-state index in [0.717, 1.165) is 25.9 Å². The molecule has 6 N–H and O–H groups in total. The average Bonchev–Trinajstić information content (AvgIpc) is 3.55. The minimum Gasteiger partial charge on any atom is -0.495 e. The van der Waals surface area contributed by atoms with Crippen LogP contribution in [0.25, 0.3) is 33.2 Å². The molecule has 2 aromatic carbocycles. The molecule has 1 fully saturated rings. The van der Waals surface area contributed by atoms with E-state index in [9.17, 15) is 18.0 Å². The van der Waals surface area contributed by atoms with Gasteiger partial charge in [0.2, 0.25) is 0 Å². The van der Waals surface area contributed by atoms with Crippen molar-refractivity contribution in [2.24, 2.45) is 0 Å². The highest BCUT2D eigenvalue weighted by molar-refractivity contribution is 6.07. The number of halogens is 3. The highest BCUT2D eigenvalue weighted by Gasteiger charge is 2.31. The summed E-state index contributed by atoms with van der Waals surface area (Å²) in [7, 11) is 1.48. The van der Waals surface area contributed by atoms with Gasteiger partial charge in [-0.3, -0.25) is 4.79 Å². The fourth-order valence-electron chi connectivity index (χ4n) is 5.17. The van der Waals surface area contributed by atoms with Gasteiger partial charge in [-0.1, -0.05) is 6.07 Å². The molecule has 1 aliphatic heterocycles. The van der Waals surface area contributed by atoms with Gasteiger partial charge in [-0.05, 0) is 36.4 Å².